The standard InChI is InChI=1S/C26H27N5O2/c1-5-33-24-12-7-6-11-23(24)27-28-25-18(2)29-31(26(25)32)22-10-8-9-20(17-22)19-13-15-21(16-14-19)30(3)4/h6-17,29H,5H2,1-4H3. The molecule has 0 aliphatic heterocycles. The maximum absolute atomic E-state index is 13.1. The number of para-hydroxylation sites is 1. The first-order valence-electron chi connectivity index (χ1n) is 10.8. The maximum Gasteiger partial charge on any atom is 0.299 e. The minimum atomic E-state index is -0.259. The molecule has 3 aromatic carbocycles. The molecule has 168 valence electrons. The van der Waals surface area contributed by atoms with Crippen LogP contribution >= 0.6 is 0 Å². The van der Waals surface area contributed by atoms with Gasteiger partial charge in [0.2, 0.25) is 0 Å². The first-order valence-corrected chi connectivity index (χ1v) is 10.8. The Morgan fingerprint density at radius 2 is 1.70 bits per heavy atom. The molecule has 7 nitrogen and oxygen atoms in total. The SMILES string of the molecule is CCOc1ccccc1N=Nc1c(C)[nH]n(-c2cccc(-c3ccc(N(C)C)cc3)c2)c1=O. The highest BCUT2D eigenvalue weighted by molar-refractivity contribution is 5.68. The van der Waals surface area contributed by atoms with Crippen molar-refractivity contribution in [2.45, 2.75) is 13.8 Å². The van der Waals surface area contributed by atoms with Gasteiger partial charge in [0.05, 0.1) is 18.0 Å². The number of anilines is 1. The second-order valence-electron chi connectivity index (χ2n) is 7.82. The van der Waals surface area contributed by atoms with E-state index in [1.54, 1.807) is 6.07 Å². The topological polar surface area (TPSA) is 75.0 Å². The Kier molecular flexibility index (Phi) is 6.40. The predicted octanol–water partition coefficient (Wildman–Crippen LogP) is 6.02. The lowest BCUT2D eigenvalue weighted by molar-refractivity contribution is 0.341. The molecule has 0 aliphatic rings. The van der Waals surface area contributed by atoms with E-state index >= 15 is 0 Å². The predicted molar refractivity (Wildman–Crippen MR) is 133 cm³/mol. The molecule has 0 saturated heterocycles. The number of azo groups is 1. The van der Waals surface area contributed by atoms with Gasteiger partial charge in [-0.1, -0.05) is 36.4 Å². The molecule has 0 atom stereocenters. The van der Waals surface area contributed by atoms with E-state index in [0.29, 0.717) is 23.7 Å². The van der Waals surface area contributed by atoms with E-state index in [0.717, 1.165) is 22.5 Å². The van der Waals surface area contributed by atoms with Crippen LogP contribution in [0.25, 0.3) is 16.8 Å². The zero-order valence-corrected chi connectivity index (χ0v) is 19.2. The number of aromatic nitrogens is 2. The molecule has 1 heterocycles. The average Bonchev–Trinajstić information content (AvgIpc) is 3.12. The molecular formula is C26H27N5O2. The number of H-pyrrole nitrogens is 1. The fraction of sp³-hybridized carbons (Fsp3) is 0.192. The van der Waals surface area contributed by atoms with Gasteiger partial charge in [-0.05, 0) is 61.4 Å². The number of ether oxygens (including phenoxy) is 1. The highest BCUT2D eigenvalue weighted by Crippen LogP contribution is 2.29. The quantitative estimate of drug-likeness (QED) is 0.356. The molecular weight excluding hydrogens is 414 g/mol. The molecule has 0 radical (unpaired) electrons. The van der Waals surface area contributed by atoms with Crippen molar-refractivity contribution in [3.8, 4) is 22.6 Å². The van der Waals surface area contributed by atoms with Crippen LogP contribution in [0.5, 0.6) is 5.75 Å². The van der Waals surface area contributed by atoms with Crippen LogP contribution in [-0.2, 0) is 0 Å². The Labute approximate surface area is 193 Å². The van der Waals surface area contributed by atoms with Crippen molar-refractivity contribution < 1.29 is 4.74 Å². The van der Waals surface area contributed by atoms with Gasteiger partial charge in [-0.25, -0.2) is 4.68 Å². The molecule has 0 spiro atoms. The first kappa shape index (κ1) is 22.1. The minimum absolute atomic E-state index is 0.259. The molecule has 7 heteroatoms. The summed E-state index contributed by atoms with van der Waals surface area (Å²) in [5.74, 6) is 0.630. The fourth-order valence-electron chi connectivity index (χ4n) is 3.54. The molecule has 0 amide bonds. The van der Waals surface area contributed by atoms with Crippen molar-refractivity contribution in [1.82, 2.24) is 9.78 Å². The van der Waals surface area contributed by atoms with Gasteiger partial charge in [-0.3, -0.25) is 9.89 Å². The number of nitrogens with one attached hydrogen (secondary N) is 1. The summed E-state index contributed by atoms with van der Waals surface area (Å²) >= 11 is 0. The molecule has 33 heavy (non-hydrogen) atoms. The van der Waals surface area contributed by atoms with E-state index in [-0.39, 0.29) is 11.2 Å². The van der Waals surface area contributed by atoms with Crippen LogP contribution < -0.4 is 15.2 Å². The van der Waals surface area contributed by atoms with Crippen molar-refractivity contribution in [2.75, 3.05) is 25.6 Å². The largest absolute Gasteiger partial charge is 0.492 e. The third kappa shape index (κ3) is 4.72. The zero-order chi connectivity index (χ0) is 23.4. The lowest BCUT2D eigenvalue weighted by Gasteiger charge is -2.13. The maximum atomic E-state index is 13.1. The van der Waals surface area contributed by atoms with Crippen LogP contribution in [0.3, 0.4) is 0 Å². The summed E-state index contributed by atoms with van der Waals surface area (Å²) in [4.78, 5) is 15.2. The van der Waals surface area contributed by atoms with Gasteiger partial charge >= 0.3 is 0 Å². The lowest BCUT2D eigenvalue weighted by atomic mass is 10.0. The average molecular weight is 442 g/mol. The third-order valence-electron chi connectivity index (χ3n) is 5.28. The second-order valence-corrected chi connectivity index (χ2v) is 7.82. The van der Waals surface area contributed by atoms with Crippen LogP contribution in [0.15, 0.2) is 87.8 Å². The van der Waals surface area contributed by atoms with Crippen LogP contribution in [-0.4, -0.2) is 30.5 Å². The molecule has 0 aliphatic carbocycles. The second kappa shape index (κ2) is 9.56. The Balaban J connectivity index is 1.66. The smallest absolute Gasteiger partial charge is 0.299 e. The fourth-order valence-corrected chi connectivity index (χ4v) is 3.54. The monoisotopic (exact) mass is 441 g/mol. The van der Waals surface area contributed by atoms with Crippen molar-refractivity contribution >= 4 is 17.1 Å². The van der Waals surface area contributed by atoms with Gasteiger partial charge < -0.3 is 9.64 Å². The van der Waals surface area contributed by atoms with Crippen LogP contribution in [0.4, 0.5) is 17.1 Å². The minimum Gasteiger partial charge on any atom is -0.492 e. The van der Waals surface area contributed by atoms with E-state index in [4.69, 9.17) is 4.74 Å². The van der Waals surface area contributed by atoms with E-state index in [1.807, 2.05) is 70.4 Å². The molecule has 0 fully saturated rings. The number of hydrogen-bond acceptors (Lipinski definition) is 5. The Bertz CT molecular complexity index is 1330. The molecule has 1 aromatic heterocycles. The van der Waals surface area contributed by atoms with Crippen LogP contribution in [0, 0.1) is 6.92 Å². The summed E-state index contributed by atoms with van der Waals surface area (Å²) in [7, 11) is 4.03. The Hall–Kier alpha value is -4.13. The molecule has 0 bridgehead atoms. The van der Waals surface area contributed by atoms with Crippen molar-refractivity contribution in [1.29, 1.82) is 0 Å². The summed E-state index contributed by atoms with van der Waals surface area (Å²) in [5, 5.41) is 11.6. The lowest BCUT2D eigenvalue weighted by Crippen LogP contribution is -2.14. The van der Waals surface area contributed by atoms with E-state index < -0.39 is 0 Å². The van der Waals surface area contributed by atoms with Crippen LogP contribution in [0.1, 0.15) is 12.6 Å². The molecule has 0 saturated carbocycles. The first-order chi connectivity index (χ1) is 16.0. The van der Waals surface area contributed by atoms with Gasteiger partial charge in [-0.2, -0.15) is 0 Å². The van der Waals surface area contributed by atoms with E-state index in [2.05, 4.69) is 44.5 Å². The summed E-state index contributed by atoms with van der Waals surface area (Å²) in [6, 6.07) is 23.5. The Morgan fingerprint density at radius 1 is 0.939 bits per heavy atom. The summed E-state index contributed by atoms with van der Waals surface area (Å²) in [6.07, 6.45) is 0. The molecule has 0 unspecified atom stereocenters. The van der Waals surface area contributed by atoms with Crippen molar-refractivity contribution in [3.05, 3.63) is 88.8 Å². The van der Waals surface area contributed by atoms with E-state index in [1.165, 1.54) is 4.68 Å². The van der Waals surface area contributed by atoms with Gasteiger partial charge in [0.1, 0.15) is 11.4 Å². The highest BCUT2D eigenvalue weighted by atomic mass is 16.5. The normalized spacial score (nSPS) is 11.2. The van der Waals surface area contributed by atoms with Crippen molar-refractivity contribution in [3.63, 3.8) is 0 Å². The number of hydrogen-bond donors (Lipinski definition) is 1. The van der Waals surface area contributed by atoms with Gasteiger partial charge in [-0.15, -0.1) is 10.2 Å². The summed E-state index contributed by atoms with van der Waals surface area (Å²) in [5.41, 5.74) is 5.18. The number of nitrogens with zero attached hydrogens (tertiary/aromatic N) is 4. The molecule has 4 aromatic rings. The zero-order valence-electron chi connectivity index (χ0n) is 19.2. The van der Waals surface area contributed by atoms with E-state index in [9.17, 15) is 4.79 Å². The van der Waals surface area contributed by atoms with Gasteiger partial charge in [0, 0.05) is 19.8 Å². The molecule has 4 rings (SSSR count). The third-order valence-corrected chi connectivity index (χ3v) is 5.28. The molecule has 1 N–H and O–H groups in total. The Morgan fingerprint density at radius 3 is 2.42 bits per heavy atom. The highest BCUT2D eigenvalue weighted by Gasteiger charge is 2.13. The number of aromatic amines is 1. The van der Waals surface area contributed by atoms with Gasteiger partial charge in [0.15, 0.2) is 5.69 Å². The number of aryl methyl sites for hydroxylation is 1. The van der Waals surface area contributed by atoms with Crippen molar-refractivity contribution in [2.24, 2.45) is 10.2 Å². The summed E-state index contributed by atoms with van der Waals surface area (Å²) in [6.45, 7) is 4.24. The number of benzene rings is 3. The van der Waals surface area contributed by atoms with Gasteiger partial charge in [0.25, 0.3) is 5.56 Å². The van der Waals surface area contributed by atoms with Crippen LogP contribution in [0.2, 0.25) is 0 Å². The number of rotatable bonds is 7. The summed E-state index contributed by atoms with van der Waals surface area (Å²) < 4.78 is 7.08.